The third kappa shape index (κ3) is 6.09. The fourth-order valence-corrected chi connectivity index (χ4v) is 5.52. The van der Waals surface area contributed by atoms with E-state index < -0.39 is 5.60 Å². The molecule has 2 aliphatic rings. The molecule has 0 bridgehead atoms. The molecular weight excluding hydrogens is 533 g/mol. The summed E-state index contributed by atoms with van der Waals surface area (Å²) < 4.78 is 21.7. The smallest absolute Gasteiger partial charge is 0.410 e. The first kappa shape index (κ1) is 28.0. The highest BCUT2D eigenvalue weighted by molar-refractivity contribution is 6.30. The first-order valence-electron chi connectivity index (χ1n) is 13.7. The number of nitrogens with zero attached hydrogens (tertiary/aromatic N) is 5. The molecule has 2 fully saturated rings. The van der Waals surface area contributed by atoms with E-state index in [4.69, 9.17) is 16.3 Å². The van der Waals surface area contributed by atoms with Crippen LogP contribution in [0.4, 0.5) is 14.9 Å². The van der Waals surface area contributed by atoms with Crippen molar-refractivity contribution in [2.75, 3.05) is 44.2 Å². The van der Waals surface area contributed by atoms with Crippen molar-refractivity contribution in [1.82, 2.24) is 19.6 Å². The molecule has 2 saturated heterocycles. The molecule has 2 aromatic carbocycles. The monoisotopic (exact) mass is 567 g/mol. The van der Waals surface area contributed by atoms with Crippen LogP contribution in [0.2, 0.25) is 5.02 Å². The van der Waals surface area contributed by atoms with Crippen molar-refractivity contribution < 1.29 is 18.7 Å². The van der Waals surface area contributed by atoms with Gasteiger partial charge in [-0.05, 0) is 70.0 Å². The second-order valence-corrected chi connectivity index (χ2v) is 11.7. The van der Waals surface area contributed by atoms with Crippen LogP contribution in [0.15, 0.2) is 54.7 Å². The summed E-state index contributed by atoms with van der Waals surface area (Å²) in [6.45, 7) is 8.68. The van der Waals surface area contributed by atoms with Gasteiger partial charge >= 0.3 is 6.09 Å². The quantitative estimate of drug-likeness (QED) is 0.402. The molecule has 3 aromatic rings. The van der Waals surface area contributed by atoms with Crippen LogP contribution in [0, 0.1) is 5.82 Å². The van der Waals surface area contributed by atoms with Gasteiger partial charge in [0, 0.05) is 50.2 Å². The highest BCUT2D eigenvalue weighted by Gasteiger charge is 2.34. The molecule has 0 atom stereocenters. The van der Waals surface area contributed by atoms with Gasteiger partial charge in [-0.3, -0.25) is 4.79 Å². The van der Waals surface area contributed by atoms with Crippen LogP contribution in [0.1, 0.15) is 55.6 Å². The standard InChI is InChI=1S/C30H35ClFN5O3/c1-30(2,3)40-29(39)36-14-12-21(13-15-36)27-24(20-33-37(27)23-10-8-22(31)9-11-23)28(38)35-18-16-34(17-19-35)26-7-5-4-6-25(26)32/h4-11,20-21H,12-19H2,1-3H3. The number of benzene rings is 2. The van der Waals surface area contributed by atoms with E-state index >= 15 is 0 Å². The van der Waals surface area contributed by atoms with Gasteiger partial charge < -0.3 is 19.4 Å². The molecule has 0 aliphatic carbocycles. The molecule has 10 heteroatoms. The van der Waals surface area contributed by atoms with Crippen LogP contribution >= 0.6 is 11.6 Å². The lowest BCUT2D eigenvalue weighted by molar-refractivity contribution is 0.0203. The van der Waals surface area contributed by atoms with E-state index in [0.717, 1.165) is 11.4 Å². The summed E-state index contributed by atoms with van der Waals surface area (Å²) in [5.41, 5.74) is 2.22. The number of ether oxygens (including phenoxy) is 1. The van der Waals surface area contributed by atoms with Gasteiger partial charge in [0.1, 0.15) is 11.4 Å². The number of hydrogen-bond acceptors (Lipinski definition) is 5. The lowest BCUT2D eigenvalue weighted by Gasteiger charge is -2.37. The normalized spacial score (nSPS) is 16.8. The molecule has 2 aliphatic heterocycles. The molecule has 0 radical (unpaired) electrons. The molecule has 0 N–H and O–H groups in total. The number of rotatable bonds is 4. The molecule has 3 heterocycles. The number of likely N-dealkylation sites (tertiary alicyclic amines) is 1. The SMILES string of the molecule is CC(C)(C)OC(=O)N1CCC(c2c(C(=O)N3CCN(c4ccccc4F)CC3)cnn2-c2ccc(Cl)cc2)CC1. The highest BCUT2D eigenvalue weighted by atomic mass is 35.5. The highest BCUT2D eigenvalue weighted by Crippen LogP contribution is 2.34. The summed E-state index contributed by atoms with van der Waals surface area (Å²) in [4.78, 5) is 32.0. The minimum atomic E-state index is -0.559. The maximum atomic E-state index is 14.3. The fraction of sp³-hybridized carbons (Fsp3) is 0.433. The van der Waals surface area contributed by atoms with Crippen LogP contribution in [0.25, 0.3) is 5.69 Å². The van der Waals surface area contributed by atoms with Crippen LogP contribution < -0.4 is 4.90 Å². The van der Waals surface area contributed by atoms with Gasteiger partial charge in [-0.15, -0.1) is 0 Å². The molecule has 0 unspecified atom stereocenters. The molecule has 1 aromatic heterocycles. The minimum absolute atomic E-state index is 0.0236. The number of aromatic nitrogens is 2. The zero-order chi connectivity index (χ0) is 28.4. The number of carbonyl (C=O) groups is 2. The predicted molar refractivity (Wildman–Crippen MR) is 153 cm³/mol. The largest absolute Gasteiger partial charge is 0.444 e. The molecule has 0 spiro atoms. The Morgan fingerprint density at radius 2 is 1.57 bits per heavy atom. The molecule has 5 rings (SSSR count). The maximum Gasteiger partial charge on any atom is 0.410 e. The average molecular weight is 568 g/mol. The number of carbonyl (C=O) groups excluding carboxylic acids is 2. The van der Waals surface area contributed by atoms with E-state index in [-0.39, 0.29) is 23.7 Å². The molecule has 40 heavy (non-hydrogen) atoms. The van der Waals surface area contributed by atoms with Crippen molar-refractivity contribution in [1.29, 1.82) is 0 Å². The van der Waals surface area contributed by atoms with E-state index in [2.05, 4.69) is 5.10 Å². The average Bonchev–Trinajstić information content (AvgIpc) is 3.38. The van der Waals surface area contributed by atoms with Crippen LogP contribution in [-0.4, -0.2) is 76.5 Å². The van der Waals surface area contributed by atoms with Gasteiger partial charge in [-0.1, -0.05) is 23.7 Å². The number of anilines is 1. The van der Waals surface area contributed by atoms with Gasteiger partial charge in [0.25, 0.3) is 5.91 Å². The Kier molecular flexibility index (Phi) is 8.03. The second-order valence-electron chi connectivity index (χ2n) is 11.3. The van der Waals surface area contributed by atoms with Crippen LogP contribution in [-0.2, 0) is 4.74 Å². The van der Waals surface area contributed by atoms with Crippen molar-refractivity contribution in [3.05, 3.63) is 76.8 Å². The lowest BCUT2D eigenvalue weighted by atomic mass is 9.90. The van der Waals surface area contributed by atoms with E-state index in [9.17, 15) is 14.0 Å². The summed E-state index contributed by atoms with van der Waals surface area (Å²) in [7, 11) is 0. The topological polar surface area (TPSA) is 70.9 Å². The van der Waals surface area contributed by atoms with Gasteiger partial charge in [-0.25, -0.2) is 13.9 Å². The number of piperazine rings is 1. The molecule has 2 amide bonds. The first-order valence-corrected chi connectivity index (χ1v) is 14.1. The molecule has 0 saturated carbocycles. The number of amides is 2. The summed E-state index contributed by atoms with van der Waals surface area (Å²) >= 11 is 6.13. The minimum Gasteiger partial charge on any atom is -0.444 e. The van der Waals surface area contributed by atoms with E-state index in [0.29, 0.717) is 68.4 Å². The summed E-state index contributed by atoms with van der Waals surface area (Å²) in [5, 5.41) is 5.26. The number of hydrogen-bond donors (Lipinski definition) is 0. The Morgan fingerprint density at radius 3 is 2.20 bits per heavy atom. The molecule has 8 nitrogen and oxygen atoms in total. The van der Waals surface area contributed by atoms with Crippen molar-refractivity contribution in [3.63, 3.8) is 0 Å². The number of para-hydroxylation sites is 1. The first-order chi connectivity index (χ1) is 19.1. The van der Waals surface area contributed by atoms with Crippen LogP contribution in [0.5, 0.6) is 0 Å². The van der Waals surface area contributed by atoms with Gasteiger partial charge in [0.05, 0.1) is 28.8 Å². The van der Waals surface area contributed by atoms with Gasteiger partial charge in [-0.2, -0.15) is 5.10 Å². The summed E-state index contributed by atoms with van der Waals surface area (Å²) in [6.07, 6.45) is 2.69. The summed E-state index contributed by atoms with van der Waals surface area (Å²) in [5.74, 6) is -0.319. The Labute approximate surface area is 239 Å². The van der Waals surface area contributed by atoms with E-state index in [1.165, 1.54) is 6.07 Å². The van der Waals surface area contributed by atoms with E-state index in [1.54, 1.807) is 35.4 Å². The Balaban J connectivity index is 1.36. The fourth-order valence-electron chi connectivity index (χ4n) is 5.39. The van der Waals surface area contributed by atoms with Gasteiger partial charge in [0.2, 0.25) is 0 Å². The lowest BCUT2D eigenvalue weighted by Crippen LogP contribution is -2.49. The predicted octanol–water partition coefficient (Wildman–Crippen LogP) is 5.74. The Hall–Kier alpha value is -3.59. The van der Waals surface area contributed by atoms with Crippen LogP contribution in [0.3, 0.4) is 0 Å². The van der Waals surface area contributed by atoms with Crippen molar-refractivity contribution in [2.24, 2.45) is 0 Å². The summed E-state index contributed by atoms with van der Waals surface area (Å²) in [6, 6.07) is 14.1. The zero-order valence-corrected chi connectivity index (χ0v) is 23.9. The van der Waals surface area contributed by atoms with Crippen molar-refractivity contribution in [3.8, 4) is 5.69 Å². The Morgan fingerprint density at radius 1 is 0.925 bits per heavy atom. The maximum absolute atomic E-state index is 14.3. The molecular formula is C30H35ClFN5O3. The van der Waals surface area contributed by atoms with Gasteiger partial charge in [0.15, 0.2) is 0 Å². The molecule has 212 valence electrons. The zero-order valence-electron chi connectivity index (χ0n) is 23.1. The van der Waals surface area contributed by atoms with E-state index in [1.807, 2.05) is 53.5 Å². The third-order valence-corrected chi connectivity index (χ3v) is 7.65. The Bertz CT molecular complexity index is 1350. The number of halogens is 2. The second kappa shape index (κ2) is 11.5. The number of piperidine rings is 1. The van der Waals surface area contributed by atoms with Crippen molar-refractivity contribution >= 4 is 29.3 Å². The third-order valence-electron chi connectivity index (χ3n) is 7.40. The van der Waals surface area contributed by atoms with Crippen molar-refractivity contribution in [2.45, 2.75) is 45.1 Å².